The van der Waals surface area contributed by atoms with E-state index in [9.17, 15) is 9.59 Å². The number of ether oxygens (including phenoxy) is 1. The van der Waals surface area contributed by atoms with E-state index in [0.717, 1.165) is 12.0 Å². The molecular formula is C22H30N2O3. The van der Waals surface area contributed by atoms with Gasteiger partial charge in [-0.1, -0.05) is 50.3 Å². The van der Waals surface area contributed by atoms with Gasteiger partial charge in [-0.15, -0.1) is 0 Å². The number of amides is 1. The summed E-state index contributed by atoms with van der Waals surface area (Å²) in [6.45, 7) is 6.68. The Kier molecular flexibility index (Phi) is 7.65. The summed E-state index contributed by atoms with van der Waals surface area (Å²) in [7, 11) is 1.90. The fraction of sp³-hybridized carbons (Fsp3) is 0.455. The summed E-state index contributed by atoms with van der Waals surface area (Å²) in [6, 6.07) is 8.12. The number of carbonyl (C=O) groups excluding carboxylic acids is 2. The molecule has 1 atom stereocenters. The Labute approximate surface area is 162 Å². The van der Waals surface area contributed by atoms with Crippen LogP contribution in [0.25, 0.3) is 0 Å². The van der Waals surface area contributed by atoms with E-state index in [-0.39, 0.29) is 30.3 Å². The number of esters is 1. The van der Waals surface area contributed by atoms with Crippen LogP contribution in [0.1, 0.15) is 37.8 Å². The van der Waals surface area contributed by atoms with E-state index in [1.807, 2.05) is 55.6 Å². The van der Waals surface area contributed by atoms with Gasteiger partial charge in [-0.3, -0.25) is 9.59 Å². The largest absolute Gasteiger partial charge is 0.463 e. The Balaban J connectivity index is 1.72. The first-order chi connectivity index (χ1) is 12.9. The molecule has 1 aliphatic heterocycles. The van der Waals surface area contributed by atoms with Crippen molar-refractivity contribution in [1.29, 1.82) is 0 Å². The van der Waals surface area contributed by atoms with Crippen molar-refractivity contribution < 1.29 is 14.3 Å². The van der Waals surface area contributed by atoms with Crippen LogP contribution in [-0.4, -0.2) is 37.0 Å². The molecule has 2 rings (SSSR count). The van der Waals surface area contributed by atoms with Crippen molar-refractivity contribution in [3.05, 3.63) is 59.9 Å². The van der Waals surface area contributed by atoms with Crippen LogP contribution in [-0.2, 0) is 20.7 Å². The SMILES string of the molecule is CC(C)Cc1ccc(C(C)C(=O)OCCNC(=O)C2C=CN(C)C=C2)cc1. The molecule has 27 heavy (non-hydrogen) atoms. The zero-order chi connectivity index (χ0) is 19.8. The van der Waals surface area contributed by atoms with E-state index in [1.54, 1.807) is 0 Å². The quantitative estimate of drug-likeness (QED) is 0.564. The zero-order valence-electron chi connectivity index (χ0n) is 16.6. The number of hydrogen-bond donors (Lipinski definition) is 1. The van der Waals surface area contributed by atoms with Crippen LogP contribution < -0.4 is 5.32 Å². The molecular weight excluding hydrogens is 340 g/mol. The van der Waals surface area contributed by atoms with Gasteiger partial charge in [0.15, 0.2) is 0 Å². The highest BCUT2D eigenvalue weighted by molar-refractivity contribution is 5.82. The van der Waals surface area contributed by atoms with Crippen LogP contribution in [0.5, 0.6) is 0 Å². The molecule has 0 spiro atoms. The molecule has 0 radical (unpaired) electrons. The first-order valence-corrected chi connectivity index (χ1v) is 9.48. The third-order valence-electron chi connectivity index (χ3n) is 4.48. The fourth-order valence-corrected chi connectivity index (χ4v) is 2.86. The Morgan fingerprint density at radius 3 is 2.33 bits per heavy atom. The molecule has 1 aromatic carbocycles. The predicted molar refractivity (Wildman–Crippen MR) is 107 cm³/mol. The van der Waals surface area contributed by atoms with Gasteiger partial charge in [0, 0.05) is 19.4 Å². The monoisotopic (exact) mass is 370 g/mol. The Morgan fingerprint density at radius 1 is 1.11 bits per heavy atom. The summed E-state index contributed by atoms with van der Waals surface area (Å²) >= 11 is 0. The average Bonchev–Trinajstić information content (AvgIpc) is 2.65. The predicted octanol–water partition coefficient (Wildman–Crippen LogP) is 3.24. The minimum atomic E-state index is -0.325. The fourth-order valence-electron chi connectivity index (χ4n) is 2.86. The summed E-state index contributed by atoms with van der Waals surface area (Å²) < 4.78 is 5.31. The lowest BCUT2D eigenvalue weighted by atomic mass is 9.97. The van der Waals surface area contributed by atoms with Gasteiger partial charge < -0.3 is 15.0 Å². The van der Waals surface area contributed by atoms with E-state index in [1.165, 1.54) is 5.56 Å². The Bertz CT molecular complexity index is 678. The molecule has 1 aliphatic rings. The summed E-state index contributed by atoms with van der Waals surface area (Å²) in [5.41, 5.74) is 2.21. The van der Waals surface area contributed by atoms with Gasteiger partial charge in [-0.25, -0.2) is 0 Å². The van der Waals surface area contributed by atoms with Crippen molar-refractivity contribution in [1.82, 2.24) is 10.2 Å². The van der Waals surface area contributed by atoms with Crippen LogP contribution in [0, 0.1) is 11.8 Å². The van der Waals surface area contributed by atoms with E-state index in [0.29, 0.717) is 12.5 Å². The van der Waals surface area contributed by atoms with Crippen molar-refractivity contribution >= 4 is 11.9 Å². The molecule has 0 saturated heterocycles. The highest BCUT2D eigenvalue weighted by Crippen LogP contribution is 2.19. The number of carbonyl (C=O) groups is 2. The van der Waals surface area contributed by atoms with E-state index >= 15 is 0 Å². The van der Waals surface area contributed by atoms with E-state index in [4.69, 9.17) is 4.74 Å². The lowest BCUT2D eigenvalue weighted by molar-refractivity contribution is -0.145. The third kappa shape index (κ3) is 6.59. The maximum absolute atomic E-state index is 12.2. The highest BCUT2D eigenvalue weighted by atomic mass is 16.5. The lowest BCUT2D eigenvalue weighted by Crippen LogP contribution is -2.33. The van der Waals surface area contributed by atoms with Gasteiger partial charge in [0.05, 0.1) is 18.4 Å². The molecule has 1 N–H and O–H groups in total. The first kappa shape index (κ1) is 20.7. The smallest absolute Gasteiger partial charge is 0.313 e. The van der Waals surface area contributed by atoms with Crippen molar-refractivity contribution in [2.75, 3.05) is 20.2 Å². The lowest BCUT2D eigenvalue weighted by Gasteiger charge is -2.17. The molecule has 0 aliphatic carbocycles. The molecule has 1 aromatic rings. The normalized spacial score (nSPS) is 15.1. The molecule has 1 unspecified atom stereocenters. The minimum absolute atomic E-state index is 0.0968. The van der Waals surface area contributed by atoms with Gasteiger partial charge in [0.25, 0.3) is 0 Å². The molecule has 0 aromatic heterocycles. The molecule has 1 heterocycles. The number of nitrogens with one attached hydrogen (secondary N) is 1. The average molecular weight is 370 g/mol. The van der Waals surface area contributed by atoms with E-state index in [2.05, 4.69) is 31.3 Å². The summed E-state index contributed by atoms with van der Waals surface area (Å²) in [4.78, 5) is 26.1. The summed E-state index contributed by atoms with van der Waals surface area (Å²) in [6.07, 6.45) is 8.37. The second-order valence-corrected chi connectivity index (χ2v) is 7.39. The van der Waals surface area contributed by atoms with Gasteiger partial charge >= 0.3 is 5.97 Å². The van der Waals surface area contributed by atoms with Crippen molar-refractivity contribution in [3.8, 4) is 0 Å². The van der Waals surface area contributed by atoms with Crippen LogP contribution in [0.3, 0.4) is 0 Å². The zero-order valence-corrected chi connectivity index (χ0v) is 16.6. The standard InChI is InChI=1S/C22H30N2O3/c1-16(2)15-18-5-7-19(8-6-18)17(3)22(26)27-14-11-23-21(25)20-9-12-24(4)13-10-20/h5-10,12-13,16-17,20H,11,14-15H2,1-4H3,(H,23,25). The van der Waals surface area contributed by atoms with Crippen LogP contribution in [0.2, 0.25) is 0 Å². The van der Waals surface area contributed by atoms with Crippen LogP contribution >= 0.6 is 0 Å². The van der Waals surface area contributed by atoms with Crippen molar-refractivity contribution in [2.24, 2.45) is 11.8 Å². The second kappa shape index (κ2) is 9.95. The number of nitrogens with zero attached hydrogens (tertiary/aromatic N) is 1. The van der Waals surface area contributed by atoms with Gasteiger partial charge in [0.2, 0.25) is 5.91 Å². The van der Waals surface area contributed by atoms with Crippen LogP contribution in [0.4, 0.5) is 0 Å². The Morgan fingerprint density at radius 2 is 1.74 bits per heavy atom. The molecule has 5 heteroatoms. The molecule has 1 amide bonds. The number of benzene rings is 1. The van der Waals surface area contributed by atoms with Gasteiger partial charge in [-0.05, 0) is 30.4 Å². The Hall–Kier alpha value is -2.56. The maximum Gasteiger partial charge on any atom is 0.313 e. The number of hydrogen-bond acceptors (Lipinski definition) is 4. The van der Waals surface area contributed by atoms with E-state index < -0.39 is 0 Å². The molecule has 0 fully saturated rings. The summed E-state index contributed by atoms with van der Waals surface area (Å²) in [5.74, 6) is -0.372. The number of rotatable bonds is 8. The molecule has 146 valence electrons. The molecule has 0 bridgehead atoms. The van der Waals surface area contributed by atoms with Gasteiger partial charge in [-0.2, -0.15) is 0 Å². The summed E-state index contributed by atoms with van der Waals surface area (Å²) in [5, 5.41) is 2.79. The third-order valence-corrected chi connectivity index (χ3v) is 4.48. The van der Waals surface area contributed by atoms with Crippen LogP contribution in [0.15, 0.2) is 48.8 Å². The molecule has 0 saturated carbocycles. The highest BCUT2D eigenvalue weighted by Gasteiger charge is 2.18. The molecule has 5 nitrogen and oxygen atoms in total. The minimum Gasteiger partial charge on any atom is -0.463 e. The topological polar surface area (TPSA) is 58.6 Å². The van der Waals surface area contributed by atoms with Crippen molar-refractivity contribution in [2.45, 2.75) is 33.1 Å². The maximum atomic E-state index is 12.2. The van der Waals surface area contributed by atoms with Crippen molar-refractivity contribution in [3.63, 3.8) is 0 Å². The van der Waals surface area contributed by atoms with Gasteiger partial charge in [0.1, 0.15) is 6.61 Å². The second-order valence-electron chi connectivity index (χ2n) is 7.39. The first-order valence-electron chi connectivity index (χ1n) is 9.48.